The number of benzene rings is 1. The summed E-state index contributed by atoms with van der Waals surface area (Å²) in [4.78, 5) is 2.20. The van der Waals surface area contributed by atoms with E-state index in [4.69, 9.17) is 12.2 Å². The molecule has 0 saturated carbocycles. The zero-order chi connectivity index (χ0) is 13.0. The molecule has 1 saturated heterocycles. The van der Waals surface area contributed by atoms with Gasteiger partial charge < -0.3 is 10.2 Å². The Morgan fingerprint density at radius 1 is 1.44 bits per heavy atom. The number of nitrogens with one attached hydrogen (secondary N) is 1. The van der Waals surface area contributed by atoms with Crippen molar-refractivity contribution in [3.05, 3.63) is 30.1 Å². The predicted octanol–water partition coefficient (Wildman–Crippen LogP) is 3.79. The topological polar surface area (TPSA) is 15.3 Å². The van der Waals surface area contributed by atoms with E-state index in [0.717, 1.165) is 19.4 Å². The second-order valence-corrected chi connectivity index (χ2v) is 5.05. The number of likely N-dealkylation sites (tertiary alicyclic amines) is 1. The van der Waals surface area contributed by atoms with Crippen LogP contribution in [0, 0.1) is 5.82 Å². The fraction of sp³-hybridized carbons (Fsp3) is 0.500. The SMILES string of the molecule is CCC1CCCCN1C(=S)Nc1ccccc1F. The first-order valence-electron chi connectivity index (χ1n) is 6.54. The highest BCUT2D eigenvalue weighted by molar-refractivity contribution is 7.80. The van der Waals surface area contributed by atoms with Crippen LogP contribution in [-0.4, -0.2) is 22.6 Å². The van der Waals surface area contributed by atoms with Crippen molar-refractivity contribution in [2.75, 3.05) is 11.9 Å². The van der Waals surface area contributed by atoms with Crippen LogP contribution in [0.15, 0.2) is 24.3 Å². The third-order valence-electron chi connectivity index (χ3n) is 3.47. The van der Waals surface area contributed by atoms with Crippen molar-refractivity contribution in [1.82, 2.24) is 4.90 Å². The normalized spacial score (nSPS) is 19.7. The summed E-state index contributed by atoms with van der Waals surface area (Å²) in [6, 6.07) is 7.14. The van der Waals surface area contributed by atoms with Crippen LogP contribution in [0.5, 0.6) is 0 Å². The quantitative estimate of drug-likeness (QED) is 0.820. The van der Waals surface area contributed by atoms with Gasteiger partial charge in [-0.25, -0.2) is 4.39 Å². The van der Waals surface area contributed by atoms with Gasteiger partial charge in [0.2, 0.25) is 0 Å². The lowest BCUT2D eigenvalue weighted by Gasteiger charge is -2.37. The molecule has 1 aliphatic heterocycles. The summed E-state index contributed by atoms with van der Waals surface area (Å²) in [5, 5.41) is 3.67. The average Bonchev–Trinajstić information content (AvgIpc) is 2.41. The van der Waals surface area contributed by atoms with Gasteiger partial charge >= 0.3 is 0 Å². The van der Waals surface area contributed by atoms with E-state index in [2.05, 4.69) is 17.1 Å². The average molecular weight is 266 g/mol. The smallest absolute Gasteiger partial charge is 0.173 e. The van der Waals surface area contributed by atoms with E-state index >= 15 is 0 Å². The molecule has 0 aliphatic carbocycles. The van der Waals surface area contributed by atoms with Crippen molar-refractivity contribution in [3.63, 3.8) is 0 Å². The van der Waals surface area contributed by atoms with Gasteiger partial charge in [0.1, 0.15) is 5.82 Å². The molecule has 1 aliphatic rings. The van der Waals surface area contributed by atoms with Crippen LogP contribution < -0.4 is 5.32 Å². The highest BCUT2D eigenvalue weighted by Crippen LogP contribution is 2.21. The Bertz CT molecular complexity index is 422. The van der Waals surface area contributed by atoms with Crippen LogP contribution in [0.2, 0.25) is 0 Å². The second-order valence-electron chi connectivity index (χ2n) is 4.66. The Labute approximate surface area is 113 Å². The van der Waals surface area contributed by atoms with E-state index in [1.807, 2.05) is 6.07 Å². The van der Waals surface area contributed by atoms with Crippen LogP contribution in [0.25, 0.3) is 0 Å². The van der Waals surface area contributed by atoms with Crippen LogP contribution in [0.3, 0.4) is 0 Å². The standard InChI is InChI=1S/C14H19FN2S/c1-2-11-7-5-6-10-17(11)14(18)16-13-9-4-3-8-12(13)15/h3-4,8-9,11H,2,5-7,10H2,1H3,(H,16,18). The summed E-state index contributed by atoms with van der Waals surface area (Å²) in [5.74, 6) is -0.259. The minimum Gasteiger partial charge on any atom is -0.346 e. The van der Waals surface area contributed by atoms with Gasteiger partial charge in [0.05, 0.1) is 5.69 Å². The zero-order valence-corrected chi connectivity index (χ0v) is 11.5. The molecule has 0 spiro atoms. The minimum atomic E-state index is -0.259. The van der Waals surface area contributed by atoms with Crippen molar-refractivity contribution in [3.8, 4) is 0 Å². The fourth-order valence-corrected chi connectivity index (χ4v) is 2.79. The van der Waals surface area contributed by atoms with Gasteiger partial charge in [0.15, 0.2) is 5.11 Å². The molecule has 1 aromatic carbocycles. The number of nitrogens with zero attached hydrogens (tertiary/aromatic N) is 1. The maximum atomic E-state index is 13.6. The number of piperidine rings is 1. The van der Waals surface area contributed by atoms with E-state index in [1.54, 1.807) is 12.1 Å². The highest BCUT2D eigenvalue weighted by Gasteiger charge is 2.23. The number of anilines is 1. The van der Waals surface area contributed by atoms with Gasteiger partial charge in [0, 0.05) is 12.6 Å². The van der Waals surface area contributed by atoms with Crippen molar-refractivity contribution in [2.24, 2.45) is 0 Å². The largest absolute Gasteiger partial charge is 0.346 e. The number of hydrogen-bond donors (Lipinski definition) is 1. The van der Waals surface area contributed by atoms with Gasteiger partial charge in [-0.2, -0.15) is 0 Å². The molecule has 1 heterocycles. The molecule has 0 amide bonds. The molecule has 1 unspecified atom stereocenters. The summed E-state index contributed by atoms with van der Waals surface area (Å²) in [6.07, 6.45) is 4.68. The van der Waals surface area contributed by atoms with Gasteiger partial charge in [0.25, 0.3) is 0 Å². The van der Waals surface area contributed by atoms with Crippen LogP contribution in [-0.2, 0) is 0 Å². The molecule has 0 radical (unpaired) electrons. The Kier molecular flexibility index (Phi) is 4.53. The number of thiocarbonyl (C=S) groups is 1. The van der Waals surface area contributed by atoms with Gasteiger partial charge in [-0.3, -0.25) is 0 Å². The highest BCUT2D eigenvalue weighted by atomic mass is 32.1. The zero-order valence-electron chi connectivity index (χ0n) is 10.7. The van der Waals surface area contributed by atoms with E-state index in [1.165, 1.54) is 18.9 Å². The first-order valence-corrected chi connectivity index (χ1v) is 6.95. The molecule has 2 nitrogen and oxygen atoms in total. The Hall–Kier alpha value is -1.16. The van der Waals surface area contributed by atoms with E-state index < -0.39 is 0 Å². The molecule has 98 valence electrons. The van der Waals surface area contributed by atoms with Gasteiger partial charge in [-0.15, -0.1) is 0 Å². The number of rotatable bonds is 2. The molecule has 1 atom stereocenters. The van der Waals surface area contributed by atoms with Crippen LogP contribution in [0.4, 0.5) is 10.1 Å². The number of para-hydroxylation sites is 1. The molecule has 1 fully saturated rings. The number of halogens is 1. The summed E-state index contributed by atoms with van der Waals surface area (Å²) in [5.41, 5.74) is 0.461. The van der Waals surface area contributed by atoms with Gasteiger partial charge in [-0.1, -0.05) is 19.1 Å². The first kappa shape index (κ1) is 13.3. The fourth-order valence-electron chi connectivity index (χ4n) is 2.44. The first-order chi connectivity index (χ1) is 8.72. The van der Waals surface area contributed by atoms with Crippen LogP contribution in [0.1, 0.15) is 32.6 Å². The maximum Gasteiger partial charge on any atom is 0.173 e. The van der Waals surface area contributed by atoms with E-state index in [0.29, 0.717) is 16.8 Å². The van der Waals surface area contributed by atoms with E-state index in [-0.39, 0.29) is 5.82 Å². The van der Waals surface area contributed by atoms with Gasteiger partial charge in [-0.05, 0) is 50.0 Å². The maximum absolute atomic E-state index is 13.6. The molecular formula is C14H19FN2S. The molecule has 0 aromatic heterocycles. The lowest BCUT2D eigenvalue weighted by atomic mass is 10.0. The van der Waals surface area contributed by atoms with Crippen molar-refractivity contribution >= 4 is 23.0 Å². The molecule has 4 heteroatoms. The van der Waals surface area contributed by atoms with Crippen molar-refractivity contribution < 1.29 is 4.39 Å². The Morgan fingerprint density at radius 3 is 2.94 bits per heavy atom. The molecule has 18 heavy (non-hydrogen) atoms. The summed E-state index contributed by atoms with van der Waals surface area (Å²) in [7, 11) is 0. The summed E-state index contributed by atoms with van der Waals surface area (Å²) < 4.78 is 13.6. The second kappa shape index (κ2) is 6.14. The molecule has 1 aromatic rings. The monoisotopic (exact) mass is 266 g/mol. The predicted molar refractivity (Wildman–Crippen MR) is 77.3 cm³/mol. The van der Waals surface area contributed by atoms with Crippen molar-refractivity contribution in [2.45, 2.75) is 38.6 Å². The molecule has 0 bridgehead atoms. The lowest BCUT2D eigenvalue weighted by molar-refractivity contribution is 0.239. The molecule has 2 rings (SSSR count). The van der Waals surface area contributed by atoms with Crippen LogP contribution >= 0.6 is 12.2 Å². The Balaban J connectivity index is 2.05. The summed E-state index contributed by atoms with van der Waals surface area (Å²) >= 11 is 5.41. The number of hydrogen-bond acceptors (Lipinski definition) is 1. The third kappa shape index (κ3) is 2.99. The van der Waals surface area contributed by atoms with E-state index in [9.17, 15) is 4.39 Å². The Morgan fingerprint density at radius 2 is 2.22 bits per heavy atom. The molecule has 1 N–H and O–H groups in total. The van der Waals surface area contributed by atoms with Crippen molar-refractivity contribution in [1.29, 1.82) is 0 Å². The molecular weight excluding hydrogens is 247 g/mol. The minimum absolute atomic E-state index is 0.259. The summed E-state index contributed by atoms with van der Waals surface area (Å²) in [6.45, 7) is 3.15. The third-order valence-corrected chi connectivity index (χ3v) is 3.81. The lowest BCUT2D eigenvalue weighted by Crippen LogP contribution is -2.45.